The second kappa shape index (κ2) is 5.70. The minimum Gasteiger partial charge on any atom is -0.328 e. The highest BCUT2D eigenvalue weighted by Crippen LogP contribution is 2.45. The van der Waals surface area contributed by atoms with Crippen molar-refractivity contribution in [1.29, 1.82) is 0 Å². The van der Waals surface area contributed by atoms with Gasteiger partial charge in [0.1, 0.15) is 6.04 Å². The topological polar surface area (TPSA) is 40.6 Å². The molecule has 0 bridgehead atoms. The van der Waals surface area contributed by atoms with E-state index in [0.29, 0.717) is 19.5 Å². The number of nitrogens with zero attached hydrogens (tertiary/aromatic N) is 2. The zero-order chi connectivity index (χ0) is 17.7. The van der Waals surface area contributed by atoms with Crippen molar-refractivity contribution < 1.29 is 9.59 Å². The summed E-state index contributed by atoms with van der Waals surface area (Å²) in [5.74, 6) is 0.239. The van der Waals surface area contributed by atoms with Crippen LogP contribution in [0.15, 0.2) is 54.6 Å². The maximum absolute atomic E-state index is 13.8. The first kappa shape index (κ1) is 15.6. The third-order valence-corrected chi connectivity index (χ3v) is 6.25. The fourth-order valence-corrected chi connectivity index (χ4v) is 5.08. The van der Waals surface area contributed by atoms with Crippen LogP contribution in [0.3, 0.4) is 0 Å². The Labute approximate surface area is 153 Å². The normalized spacial score (nSPS) is 27.2. The molecule has 3 aliphatic rings. The minimum absolute atomic E-state index is 0.107. The summed E-state index contributed by atoms with van der Waals surface area (Å²) in [5.41, 5.74) is 2.40. The molecule has 4 heteroatoms. The smallest absolute Gasteiger partial charge is 0.254 e. The Bertz CT molecular complexity index is 879. The molecule has 0 aromatic heterocycles. The maximum Gasteiger partial charge on any atom is 0.254 e. The standard InChI is InChI=1S/C22H22N2O2/c25-20-19-11-6-13-23(19)21(26)22(15-16-7-2-1-3-8-16)18-10-5-4-9-17(18)12-14-24(20)22/h1-5,7-10,19H,6,11-15H2/t19-,22+/m0/s1. The summed E-state index contributed by atoms with van der Waals surface area (Å²) in [7, 11) is 0. The van der Waals surface area contributed by atoms with Gasteiger partial charge < -0.3 is 9.80 Å². The molecule has 2 fully saturated rings. The molecular formula is C22H22N2O2. The van der Waals surface area contributed by atoms with Gasteiger partial charge in [0.05, 0.1) is 0 Å². The summed E-state index contributed by atoms with van der Waals surface area (Å²) >= 11 is 0. The van der Waals surface area contributed by atoms with Gasteiger partial charge in [-0.2, -0.15) is 0 Å². The largest absolute Gasteiger partial charge is 0.328 e. The Hall–Kier alpha value is -2.62. The van der Waals surface area contributed by atoms with Crippen LogP contribution < -0.4 is 0 Å². The Morgan fingerprint density at radius 2 is 1.73 bits per heavy atom. The van der Waals surface area contributed by atoms with Crippen LogP contribution in [0.25, 0.3) is 0 Å². The molecule has 0 saturated carbocycles. The first-order chi connectivity index (χ1) is 12.7. The average molecular weight is 346 g/mol. The van der Waals surface area contributed by atoms with E-state index in [1.807, 2.05) is 46.2 Å². The molecule has 2 aromatic rings. The Balaban J connectivity index is 1.72. The van der Waals surface area contributed by atoms with Gasteiger partial charge in [-0.15, -0.1) is 0 Å². The van der Waals surface area contributed by atoms with Gasteiger partial charge in [0.2, 0.25) is 5.91 Å². The molecule has 2 amide bonds. The summed E-state index contributed by atoms with van der Waals surface area (Å²) in [4.78, 5) is 30.9. The summed E-state index contributed by atoms with van der Waals surface area (Å²) in [6.45, 7) is 1.32. The van der Waals surface area contributed by atoms with Crippen molar-refractivity contribution in [2.75, 3.05) is 13.1 Å². The molecule has 3 aliphatic heterocycles. The number of benzene rings is 2. The molecule has 2 aromatic carbocycles. The minimum atomic E-state index is -0.895. The van der Waals surface area contributed by atoms with Gasteiger partial charge in [0, 0.05) is 19.5 Å². The predicted molar refractivity (Wildman–Crippen MR) is 98.4 cm³/mol. The quantitative estimate of drug-likeness (QED) is 0.838. The van der Waals surface area contributed by atoms with Gasteiger partial charge >= 0.3 is 0 Å². The number of carbonyl (C=O) groups is 2. The second-order valence-electron chi connectivity index (χ2n) is 7.58. The first-order valence-corrected chi connectivity index (χ1v) is 9.47. The third kappa shape index (κ3) is 2.02. The maximum atomic E-state index is 13.8. The lowest BCUT2D eigenvalue weighted by Gasteiger charge is -2.53. The molecule has 0 aliphatic carbocycles. The van der Waals surface area contributed by atoms with Crippen molar-refractivity contribution in [1.82, 2.24) is 9.80 Å². The van der Waals surface area contributed by atoms with E-state index in [9.17, 15) is 9.59 Å². The molecule has 2 atom stereocenters. The number of piperazine rings is 1. The van der Waals surface area contributed by atoms with E-state index in [1.165, 1.54) is 5.56 Å². The molecule has 0 unspecified atom stereocenters. The third-order valence-electron chi connectivity index (χ3n) is 6.25. The van der Waals surface area contributed by atoms with Gasteiger partial charge in [0.25, 0.3) is 5.91 Å². The molecule has 0 radical (unpaired) electrons. The molecule has 26 heavy (non-hydrogen) atoms. The summed E-state index contributed by atoms with van der Waals surface area (Å²) in [6, 6.07) is 18.0. The molecule has 3 heterocycles. The van der Waals surface area contributed by atoms with Crippen LogP contribution in [-0.2, 0) is 28.0 Å². The van der Waals surface area contributed by atoms with E-state index in [2.05, 4.69) is 18.2 Å². The van der Waals surface area contributed by atoms with Crippen molar-refractivity contribution >= 4 is 11.8 Å². The van der Waals surface area contributed by atoms with Crippen LogP contribution in [0, 0.1) is 0 Å². The molecule has 2 saturated heterocycles. The molecule has 0 spiro atoms. The molecular weight excluding hydrogens is 324 g/mol. The zero-order valence-corrected chi connectivity index (χ0v) is 14.7. The van der Waals surface area contributed by atoms with Crippen molar-refractivity contribution in [3.8, 4) is 0 Å². The monoisotopic (exact) mass is 346 g/mol. The first-order valence-electron chi connectivity index (χ1n) is 9.47. The van der Waals surface area contributed by atoms with Crippen LogP contribution in [0.5, 0.6) is 0 Å². The fourth-order valence-electron chi connectivity index (χ4n) is 5.08. The lowest BCUT2D eigenvalue weighted by molar-refractivity contribution is -0.170. The Morgan fingerprint density at radius 3 is 2.58 bits per heavy atom. The van der Waals surface area contributed by atoms with Crippen molar-refractivity contribution in [3.05, 3.63) is 71.3 Å². The highest BCUT2D eigenvalue weighted by Gasteiger charge is 2.59. The van der Waals surface area contributed by atoms with Crippen LogP contribution in [-0.4, -0.2) is 40.7 Å². The highest BCUT2D eigenvalue weighted by molar-refractivity contribution is 6.01. The lowest BCUT2D eigenvalue weighted by Crippen LogP contribution is -2.70. The molecule has 4 nitrogen and oxygen atoms in total. The molecule has 132 valence electrons. The molecule has 5 rings (SSSR count). The zero-order valence-electron chi connectivity index (χ0n) is 14.7. The number of rotatable bonds is 2. The number of carbonyl (C=O) groups excluding carboxylic acids is 2. The summed E-state index contributed by atoms with van der Waals surface area (Å²) < 4.78 is 0. The van der Waals surface area contributed by atoms with Crippen LogP contribution in [0.1, 0.15) is 29.5 Å². The van der Waals surface area contributed by atoms with Gasteiger partial charge in [-0.1, -0.05) is 54.6 Å². The van der Waals surface area contributed by atoms with Crippen molar-refractivity contribution in [3.63, 3.8) is 0 Å². The van der Waals surface area contributed by atoms with Gasteiger partial charge in [-0.25, -0.2) is 0 Å². The van der Waals surface area contributed by atoms with E-state index >= 15 is 0 Å². The average Bonchev–Trinajstić information content (AvgIpc) is 3.17. The Morgan fingerprint density at radius 1 is 0.962 bits per heavy atom. The number of hydrogen-bond donors (Lipinski definition) is 0. The van der Waals surface area contributed by atoms with E-state index in [4.69, 9.17) is 0 Å². The predicted octanol–water partition coefficient (Wildman–Crippen LogP) is 2.51. The summed E-state index contributed by atoms with van der Waals surface area (Å²) in [5, 5.41) is 0. The lowest BCUT2D eigenvalue weighted by atomic mass is 9.73. The number of fused-ring (bicyclic) bond motifs is 4. The SMILES string of the molecule is O=C1[C@@H]2CCCN2C(=O)[C@@]2(Cc3ccccc3)c3ccccc3CCN12. The van der Waals surface area contributed by atoms with E-state index in [1.54, 1.807) is 0 Å². The van der Waals surface area contributed by atoms with E-state index < -0.39 is 5.54 Å². The van der Waals surface area contributed by atoms with Crippen molar-refractivity contribution in [2.24, 2.45) is 0 Å². The van der Waals surface area contributed by atoms with E-state index in [0.717, 1.165) is 30.4 Å². The van der Waals surface area contributed by atoms with Crippen molar-refractivity contribution in [2.45, 2.75) is 37.3 Å². The number of hydrogen-bond acceptors (Lipinski definition) is 2. The van der Waals surface area contributed by atoms with Crippen LogP contribution >= 0.6 is 0 Å². The highest BCUT2D eigenvalue weighted by atomic mass is 16.2. The van der Waals surface area contributed by atoms with Crippen LogP contribution in [0.2, 0.25) is 0 Å². The van der Waals surface area contributed by atoms with E-state index in [-0.39, 0.29) is 17.9 Å². The van der Waals surface area contributed by atoms with Gasteiger partial charge in [0.15, 0.2) is 5.54 Å². The second-order valence-corrected chi connectivity index (χ2v) is 7.58. The number of amides is 2. The summed E-state index contributed by atoms with van der Waals surface area (Å²) in [6.07, 6.45) is 3.07. The molecule has 0 N–H and O–H groups in total. The fraction of sp³-hybridized carbons (Fsp3) is 0.364. The van der Waals surface area contributed by atoms with Crippen LogP contribution in [0.4, 0.5) is 0 Å². The Kier molecular flexibility index (Phi) is 3.42. The van der Waals surface area contributed by atoms with Gasteiger partial charge in [-0.05, 0) is 36.0 Å². The van der Waals surface area contributed by atoms with Gasteiger partial charge in [-0.3, -0.25) is 9.59 Å².